The van der Waals surface area contributed by atoms with Crippen molar-refractivity contribution in [3.05, 3.63) is 32.2 Å². The summed E-state index contributed by atoms with van der Waals surface area (Å²) in [6, 6.07) is 4.60. The summed E-state index contributed by atoms with van der Waals surface area (Å²) >= 11 is 7.12. The van der Waals surface area contributed by atoms with E-state index >= 15 is 0 Å². The molecule has 0 aliphatic heterocycles. The lowest BCUT2D eigenvalue weighted by Crippen LogP contribution is -2.24. The Morgan fingerprint density at radius 3 is 2.65 bits per heavy atom. The highest BCUT2D eigenvalue weighted by Gasteiger charge is 2.09. The maximum Gasteiger partial charge on any atom is 0.140 e. The van der Waals surface area contributed by atoms with Crippen LogP contribution in [0.1, 0.15) is 39.7 Å². The van der Waals surface area contributed by atoms with Crippen molar-refractivity contribution in [2.45, 2.75) is 40.2 Å². The highest BCUT2D eigenvalue weighted by Crippen LogP contribution is 2.34. The number of rotatable bonds is 7. The summed E-state index contributed by atoms with van der Waals surface area (Å²) in [5.41, 5.74) is 2.38. The SMILES string of the molecule is CCCOc1c(Br)cc(Br)cc1C=C(C)CNC(C)C. The van der Waals surface area contributed by atoms with Crippen molar-refractivity contribution >= 4 is 37.9 Å². The van der Waals surface area contributed by atoms with Crippen LogP contribution in [-0.4, -0.2) is 19.2 Å². The minimum atomic E-state index is 0.489. The van der Waals surface area contributed by atoms with Crippen LogP contribution >= 0.6 is 31.9 Å². The molecule has 0 radical (unpaired) electrons. The molecule has 112 valence electrons. The normalized spacial score (nSPS) is 12.1. The zero-order chi connectivity index (χ0) is 15.1. The number of benzene rings is 1. The van der Waals surface area contributed by atoms with E-state index in [0.29, 0.717) is 6.04 Å². The van der Waals surface area contributed by atoms with Gasteiger partial charge in [-0.3, -0.25) is 0 Å². The maximum absolute atomic E-state index is 5.87. The van der Waals surface area contributed by atoms with E-state index in [9.17, 15) is 0 Å². The number of hydrogen-bond donors (Lipinski definition) is 1. The van der Waals surface area contributed by atoms with Gasteiger partial charge in [-0.25, -0.2) is 0 Å². The van der Waals surface area contributed by atoms with E-state index in [1.54, 1.807) is 0 Å². The average Bonchev–Trinajstić information content (AvgIpc) is 2.35. The van der Waals surface area contributed by atoms with E-state index in [-0.39, 0.29) is 0 Å². The van der Waals surface area contributed by atoms with E-state index in [4.69, 9.17) is 4.74 Å². The predicted molar refractivity (Wildman–Crippen MR) is 94.4 cm³/mol. The molecule has 20 heavy (non-hydrogen) atoms. The van der Waals surface area contributed by atoms with Gasteiger partial charge in [0.25, 0.3) is 0 Å². The van der Waals surface area contributed by atoms with Crippen molar-refractivity contribution in [3.63, 3.8) is 0 Å². The topological polar surface area (TPSA) is 21.3 Å². The molecule has 0 bridgehead atoms. The van der Waals surface area contributed by atoms with Crippen molar-refractivity contribution in [1.82, 2.24) is 5.32 Å². The number of ether oxygens (including phenoxy) is 1. The summed E-state index contributed by atoms with van der Waals surface area (Å²) in [4.78, 5) is 0. The first-order valence-corrected chi connectivity index (χ1v) is 8.55. The van der Waals surface area contributed by atoms with Gasteiger partial charge in [0.15, 0.2) is 0 Å². The van der Waals surface area contributed by atoms with Gasteiger partial charge in [0.2, 0.25) is 0 Å². The summed E-state index contributed by atoms with van der Waals surface area (Å²) in [5.74, 6) is 0.916. The Kier molecular flexibility index (Phi) is 7.85. The van der Waals surface area contributed by atoms with Crippen molar-refractivity contribution in [2.24, 2.45) is 0 Å². The van der Waals surface area contributed by atoms with Crippen LogP contribution in [0.15, 0.2) is 26.7 Å². The monoisotopic (exact) mass is 403 g/mol. The van der Waals surface area contributed by atoms with Gasteiger partial charge in [0, 0.05) is 22.6 Å². The van der Waals surface area contributed by atoms with Crippen LogP contribution in [0, 0.1) is 0 Å². The summed E-state index contributed by atoms with van der Waals surface area (Å²) in [6.07, 6.45) is 3.18. The second-order valence-corrected chi connectivity index (χ2v) is 6.95. The third kappa shape index (κ3) is 5.98. The van der Waals surface area contributed by atoms with Crippen molar-refractivity contribution in [1.29, 1.82) is 0 Å². The lowest BCUT2D eigenvalue weighted by Gasteiger charge is -2.13. The molecule has 0 saturated heterocycles. The lowest BCUT2D eigenvalue weighted by atomic mass is 10.1. The largest absolute Gasteiger partial charge is 0.492 e. The summed E-state index contributed by atoms with van der Waals surface area (Å²) in [7, 11) is 0. The molecule has 0 atom stereocenters. The number of nitrogens with one attached hydrogen (secondary N) is 1. The van der Waals surface area contributed by atoms with E-state index in [1.807, 2.05) is 6.07 Å². The molecule has 1 N–H and O–H groups in total. The average molecular weight is 405 g/mol. The molecule has 0 amide bonds. The first-order valence-electron chi connectivity index (χ1n) is 6.96. The molecule has 1 aromatic rings. The van der Waals surface area contributed by atoms with Crippen LogP contribution in [-0.2, 0) is 0 Å². The maximum atomic E-state index is 5.87. The molecule has 2 nitrogen and oxygen atoms in total. The Hall–Kier alpha value is -0.320. The second-order valence-electron chi connectivity index (χ2n) is 5.18. The molecule has 4 heteroatoms. The van der Waals surface area contributed by atoms with Crippen molar-refractivity contribution in [3.8, 4) is 5.75 Å². The van der Waals surface area contributed by atoms with Crippen molar-refractivity contribution in [2.75, 3.05) is 13.2 Å². The van der Waals surface area contributed by atoms with Gasteiger partial charge in [-0.05, 0) is 41.4 Å². The third-order valence-corrected chi connectivity index (χ3v) is 3.73. The van der Waals surface area contributed by atoms with Gasteiger partial charge < -0.3 is 10.1 Å². The zero-order valence-electron chi connectivity index (χ0n) is 12.6. The Bertz CT molecular complexity index is 470. The Labute approximate surface area is 139 Å². The quantitative estimate of drug-likeness (QED) is 0.656. The first kappa shape index (κ1) is 17.7. The van der Waals surface area contributed by atoms with E-state index in [1.165, 1.54) is 5.57 Å². The van der Waals surface area contributed by atoms with Crippen LogP contribution in [0.25, 0.3) is 6.08 Å². The fraction of sp³-hybridized carbons (Fsp3) is 0.500. The van der Waals surface area contributed by atoms with Crippen LogP contribution < -0.4 is 10.1 Å². The van der Waals surface area contributed by atoms with Crippen LogP contribution in [0.3, 0.4) is 0 Å². The summed E-state index contributed by atoms with van der Waals surface area (Å²) in [6.45, 7) is 10.2. The smallest absolute Gasteiger partial charge is 0.140 e. The van der Waals surface area contributed by atoms with Gasteiger partial charge in [0.1, 0.15) is 5.75 Å². The molecule has 0 aromatic heterocycles. The molecule has 0 fully saturated rings. The molecule has 0 heterocycles. The standard InChI is InChI=1S/C16H23Br2NO/c1-5-6-20-16-13(8-14(17)9-15(16)18)7-12(4)10-19-11(2)3/h7-9,11,19H,5-6,10H2,1-4H3. The van der Waals surface area contributed by atoms with E-state index in [2.05, 4.69) is 77.0 Å². The molecular formula is C16H23Br2NO. The van der Waals surface area contributed by atoms with Gasteiger partial charge >= 0.3 is 0 Å². The molecule has 1 rings (SSSR count). The zero-order valence-corrected chi connectivity index (χ0v) is 15.8. The van der Waals surface area contributed by atoms with Crippen LogP contribution in [0.2, 0.25) is 0 Å². The summed E-state index contributed by atoms with van der Waals surface area (Å²) < 4.78 is 7.89. The second kappa shape index (κ2) is 8.85. The summed E-state index contributed by atoms with van der Waals surface area (Å²) in [5, 5.41) is 3.42. The molecule has 0 unspecified atom stereocenters. The Balaban J connectivity index is 2.99. The molecule has 0 saturated carbocycles. The fourth-order valence-electron chi connectivity index (χ4n) is 1.73. The van der Waals surface area contributed by atoms with Gasteiger partial charge in [0.05, 0.1) is 11.1 Å². The fourth-order valence-corrected chi connectivity index (χ4v) is 3.10. The Morgan fingerprint density at radius 1 is 1.35 bits per heavy atom. The molecular weight excluding hydrogens is 382 g/mol. The van der Waals surface area contributed by atoms with Crippen molar-refractivity contribution < 1.29 is 4.74 Å². The lowest BCUT2D eigenvalue weighted by molar-refractivity contribution is 0.315. The predicted octanol–water partition coefficient (Wildman–Crippen LogP) is 5.40. The van der Waals surface area contributed by atoms with Gasteiger partial charge in [-0.2, -0.15) is 0 Å². The molecule has 0 aliphatic rings. The number of halogens is 2. The third-order valence-electron chi connectivity index (χ3n) is 2.68. The highest BCUT2D eigenvalue weighted by molar-refractivity contribution is 9.11. The van der Waals surface area contributed by atoms with Gasteiger partial charge in [-0.1, -0.05) is 48.4 Å². The highest BCUT2D eigenvalue weighted by atomic mass is 79.9. The molecule has 1 aromatic carbocycles. The number of hydrogen-bond acceptors (Lipinski definition) is 2. The molecule has 0 aliphatic carbocycles. The minimum absolute atomic E-state index is 0.489. The van der Waals surface area contributed by atoms with E-state index in [0.717, 1.165) is 39.8 Å². The van der Waals surface area contributed by atoms with E-state index < -0.39 is 0 Å². The van der Waals surface area contributed by atoms with Crippen LogP contribution in [0.4, 0.5) is 0 Å². The first-order chi connectivity index (χ1) is 9.43. The van der Waals surface area contributed by atoms with Crippen LogP contribution in [0.5, 0.6) is 5.75 Å². The molecule has 0 spiro atoms. The minimum Gasteiger partial charge on any atom is -0.492 e. The van der Waals surface area contributed by atoms with Gasteiger partial charge in [-0.15, -0.1) is 0 Å². The Morgan fingerprint density at radius 2 is 2.05 bits per heavy atom.